The summed E-state index contributed by atoms with van der Waals surface area (Å²) in [6.07, 6.45) is 16.5. The number of nitrogens with one attached hydrogen (secondary N) is 1. The fraction of sp³-hybridized carbons (Fsp3) is 0.237. The Kier molecular flexibility index (Phi) is 33.5. The van der Waals surface area contributed by atoms with Gasteiger partial charge in [-0.15, -0.1) is 0 Å². The molecular weight excluding hydrogens is 1410 g/mol. The van der Waals surface area contributed by atoms with Crippen LogP contribution in [0.3, 0.4) is 0 Å². The molecule has 1 amide bonds. The molecule has 11 nitrogen and oxygen atoms in total. The highest BCUT2D eigenvalue weighted by Crippen LogP contribution is 2.36. The third-order valence-electron chi connectivity index (χ3n) is 18.5. The topological polar surface area (TPSA) is 167 Å². The number of benzene rings is 10. The summed E-state index contributed by atoms with van der Waals surface area (Å²) >= 11 is 3.69. The number of carbonyl (C=O) groups is 2. The molecule has 0 saturated heterocycles. The Morgan fingerprint density at radius 3 is 1.68 bits per heavy atom. The van der Waals surface area contributed by atoms with Crippen LogP contribution >= 0.6 is 15.9 Å². The summed E-state index contributed by atoms with van der Waals surface area (Å²) in [6, 6.07) is 85.1. The Balaban J connectivity index is 0.000000160. The number of hydrogen-bond acceptors (Lipinski definition) is 9. The first-order valence-electron chi connectivity index (χ1n) is 38.0. The maximum absolute atomic E-state index is 13.1. The van der Waals surface area contributed by atoms with Crippen molar-refractivity contribution in [3.63, 3.8) is 0 Å². The lowest BCUT2D eigenvalue weighted by atomic mass is 9.99. The van der Waals surface area contributed by atoms with Gasteiger partial charge in [-0.25, -0.2) is 0 Å². The predicted octanol–water partition coefficient (Wildman–Crippen LogP) is 21.4. The molecule has 0 spiro atoms. The number of aryl methyl sites for hydroxylation is 3. The van der Waals surface area contributed by atoms with Crippen molar-refractivity contribution in [2.75, 3.05) is 6.54 Å². The van der Waals surface area contributed by atoms with E-state index in [0.717, 1.165) is 136 Å². The number of unbranched alkanes of at least 4 members (excludes halogenated alkanes) is 4. The minimum Gasteiger partial charge on any atom is -0.489 e. The SMILES string of the molecule is CCCCCCCC(=O)Cc1cnc2ccccc2c1.CCCNC(=O)c1c(Br)c2ccc(-c3cccnc3)cc2n1Cc1ccc(CO)cc1.CCc1cc(CO)cc(-c2cccc(OCc3ccccc3)c2)c1.CCc1cc(CO)cc(-c2ccccc2)c1.CCc1cccc(C#Cc2ccc(CO)cc2)c1. The molecule has 0 unspecified atom stereocenters. The zero-order valence-electron chi connectivity index (χ0n) is 63.4. The highest BCUT2D eigenvalue weighted by atomic mass is 79.9. The summed E-state index contributed by atoms with van der Waals surface area (Å²) in [7, 11) is 0. The molecule has 0 bridgehead atoms. The molecule has 12 heteroatoms. The second kappa shape index (κ2) is 44.4. The van der Waals surface area contributed by atoms with Gasteiger partial charge in [-0.05, 0) is 204 Å². The number of ketones is 1. The quantitative estimate of drug-likeness (QED) is 0.0262. The minimum atomic E-state index is -0.0974. The summed E-state index contributed by atoms with van der Waals surface area (Å²) in [5, 5.41) is 42.1. The first-order valence-corrected chi connectivity index (χ1v) is 38.8. The van der Waals surface area contributed by atoms with Crippen LogP contribution in [-0.4, -0.2) is 53.2 Å². The van der Waals surface area contributed by atoms with Gasteiger partial charge in [0.05, 0.1) is 41.9 Å². The number of aliphatic hydroxyl groups excluding tert-OH is 4. The Morgan fingerprint density at radius 1 is 0.450 bits per heavy atom. The molecule has 3 heterocycles. The van der Waals surface area contributed by atoms with Crippen molar-refractivity contribution in [2.45, 2.75) is 145 Å². The minimum absolute atomic E-state index is 0.0113. The number of aliphatic hydroxyl groups is 4. The van der Waals surface area contributed by atoms with Crippen LogP contribution in [0.4, 0.5) is 0 Å². The van der Waals surface area contributed by atoms with Crippen LogP contribution in [0.5, 0.6) is 5.75 Å². The molecule has 3 aromatic heterocycles. The average Bonchev–Trinajstić information content (AvgIpc) is 1.61. The van der Waals surface area contributed by atoms with Crippen molar-refractivity contribution < 1.29 is 34.8 Å². The molecule has 13 rings (SSSR count). The Hall–Kier alpha value is -10.9. The van der Waals surface area contributed by atoms with Crippen molar-refractivity contribution in [2.24, 2.45) is 0 Å². The largest absolute Gasteiger partial charge is 0.489 e. The lowest BCUT2D eigenvalue weighted by Gasteiger charge is -2.12. The Bertz CT molecular complexity index is 4990. The number of para-hydroxylation sites is 1. The number of rotatable bonds is 26. The molecule has 0 radical (unpaired) electrons. The van der Waals surface area contributed by atoms with Gasteiger partial charge in [0.2, 0.25) is 0 Å². The number of aromatic nitrogens is 3. The van der Waals surface area contributed by atoms with Crippen LogP contribution in [0.2, 0.25) is 0 Å². The van der Waals surface area contributed by atoms with E-state index in [1.54, 1.807) is 6.20 Å². The van der Waals surface area contributed by atoms with E-state index in [-0.39, 0.29) is 32.3 Å². The summed E-state index contributed by atoms with van der Waals surface area (Å²) in [5.41, 5.74) is 22.0. The van der Waals surface area contributed by atoms with E-state index in [1.807, 2.05) is 177 Å². The van der Waals surface area contributed by atoms with E-state index >= 15 is 0 Å². The van der Waals surface area contributed by atoms with Gasteiger partial charge in [-0.3, -0.25) is 19.6 Å². The number of Topliss-reactive ketones (excluding diaryl/α,β-unsaturated/α-hetero) is 1. The summed E-state index contributed by atoms with van der Waals surface area (Å²) in [4.78, 5) is 33.6. The van der Waals surface area contributed by atoms with Crippen molar-refractivity contribution >= 4 is 49.4 Å². The van der Waals surface area contributed by atoms with Crippen LogP contribution in [0.25, 0.3) is 55.2 Å². The van der Waals surface area contributed by atoms with Crippen molar-refractivity contribution in [1.82, 2.24) is 19.9 Å². The second-order valence-corrected chi connectivity index (χ2v) is 27.6. The molecule has 558 valence electrons. The zero-order chi connectivity index (χ0) is 77.0. The number of halogens is 1. The van der Waals surface area contributed by atoms with Crippen LogP contribution < -0.4 is 10.1 Å². The average molecular weight is 1510 g/mol. The molecule has 10 aromatic carbocycles. The number of fused-ring (bicyclic) bond motifs is 2. The zero-order valence-corrected chi connectivity index (χ0v) is 65.0. The normalized spacial score (nSPS) is 10.6. The standard InChI is InChI=1S/C25H24BrN3O2.C22H22O2.C18H23NO.C17H16O.C15H16O/c1-2-11-28-25(31)24-23(26)21-10-9-19(20-4-3-12-27-14-20)13-22(21)29(24)15-17-5-7-18(16-30)8-6-17;1-2-17-11-19(15-23)13-21(12-17)20-9-6-10-22(14-20)24-16-18-7-4-3-5-8-18;1-2-3-4-5-6-10-17(20)13-15-12-16-9-7-8-11-18(16)19-14-15;1-2-14-4-3-5-16(12-14)9-6-15-7-10-17(13-18)11-8-15;1-2-12-8-13(11-16)10-15(9-12)14-6-4-3-5-7-14/h3-10,12-14,30H,2,11,15-16H2,1H3,(H,28,31);3-14,23H,2,15-16H2,1H3;7-9,11-12,14H,2-6,10,13H2,1H3;3-5,7-8,10-12,18H,2,13H2,1H3;3-10,16H,2,11H2,1H3. The molecule has 0 saturated carbocycles. The number of amides is 1. The van der Waals surface area contributed by atoms with Crippen LogP contribution in [0.15, 0.2) is 278 Å². The fourth-order valence-electron chi connectivity index (χ4n) is 12.4. The molecule has 0 atom stereocenters. The highest BCUT2D eigenvalue weighted by molar-refractivity contribution is 9.10. The third kappa shape index (κ3) is 25.6. The number of nitrogens with zero attached hydrogens (tertiary/aromatic N) is 3. The number of hydrogen-bond donors (Lipinski definition) is 5. The van der Waals surface area contributed by atoms with Crippen LogP contribution in [0, 0.1) is 11.8 Å². The van der Waals surface area contributed by atoms with Crippen molar-refractivity contribution in [1.29, 1.82) is 0 Å². The number of carbonyl (C=O) groups excluding carboxylic acids is 2. The molecule has 5 N–H and O–H groups in total. The van der Waals surface area contributed by atoms with Crippen molar-refractivity contribution in [3.8, 4) is 51.0 Å². The lowest BCUT2D eigenvalue weighted by molar-refractivity contribution is -0.118. The molecular formula is C97H101BrN4O7. The third-order valence-corrected chi connectivity index (χ3v) is 19.3. The Morgan fingerprint density at radius 2 is 1.03 bits per heavy atom. The van der Waals surface area contributed by atoms with Gasteiger partial charge in [0.15, 0.2) is 0 Å². The molecule has 0 fully saturated rings. The molecule has 0 aliphatic rings. The fourth-order valence-corrected chi connectivity index (χ4v) is 13.1. The van der Waals surface area contributed by atoms with Gasteiger partial charge in [-0.2, -0.15) is 0 Å². The number of pyridine rings is 2. The van der Waals surface area contributed by atoms with Gasteiger partial charge in [0.25, 0.3) is 5.91 Å². The molecule has 0 aliphatic carbocycles. The van der Waals surface area contributed by atoms with E-state index in [2.05, 4.69) is 172 Å². The van der Waals surface area contributed by atoms with E-state index < -0.39 is 0 Å². The lowest BCUT2D eigenvalue weighted by Crippen LogP contribution is -2.27. The maximum atomic E-state index is 13.1. The highest BCUT2D eigenvalue weighted by Gasteiger charge is 2.22. The van der Waals surface area contributed by atoms with Crippen LogP contribution in [-0.2, 0) is 70.1 Å². The van der Waals surface area contributed by atoms with E-state index in [9.17, 15) is 24.9 Å². The first-order chi connectivity index (χ1) is 53.3. The Labute approximate surface area is 652 Å². The smallest absolute Gasteiger partial charge is 0.269 e. The monoisotopic (exact) mass is 1510 g/mol. The van der Waals surface area contributed by atoms with E-state index in [4.69, 9.17) is 9.84 Å². The summed E-state index contributed by atoms with van der Waals surface area (Å²) in [5.74, 6) is 7.38. The maximum Gasteiger partial charge on any atom is 0.269 e. The van der Waals surface area contributed by atoms with E-state index in [0.29, 0.717) is 44.0 Å². The van der Waals surface area contributed by atoms with Gasteiger partial charge in [0.1, 0.15) is 23.8 Å². The van der Waals surface area contributed by atoms with Gasteiger partial charge in [0, 0.05) is 72.0 Å². The second-order valence-electron chi connectivity index (χ2n) is 26.8. The van der Waals surface area contributed by atoms with Gasteiger partial charge >= 0.3 is 0 Å². The van der Waals surface area contributed by atoms with Crippen LogP contribution in [0.1, 0.15) is 157 Å². The predicted molar refractivity (Wildman–Crippen MR) is 450 cm³/mol. The molecule has 0 aliphatic heterocycles. The van der Waals surface area contributed by atoms with Gasteiger partial charge < -0.3 is 35.0 Å². The summed E-state index contributed by atoms with van der Waals surface area (Å²) < 4.78 is 8.76. The summed E-state index contributed by atoms with van der Waals surface area (Å²) in [6.45, 7) is 12.6. The number of ether oxygens (including phenoxy) is 1. The van der Waals surface area contributed by atoms with Crippen molar-refractivity contribution in [3.05, 3.63) is 350 Å². The van der Waals surface area contributed by atoms with Gasteiger partial charge in [-0.1, -0.05) is 254 Å². The molecule has 109 heavy (non-hydrogen) atoms. The van der Waals surface area contributed by atoms with E-state index in [1.165, 1.54) is 53.5 Å². The molecule has 13 aromatic rings. The first kappa shape index (κ1) is 82.2.